The molecular formula is C20H43N2. The summed E-state index contributed by atoms with van der Waals surface area (Å²) in [7, 11) is 0. The maximum atomic E-state index is 6.15. The topological polar surface area (TPSA) is 29.3 Å². The van der Waals surface area contributed by atoms with E-state index in [0.29, 0.717) is 0 Å². The highest BCUT2D eigenvalue weighted by molar-refractivity contribution is 4.79. The Hall–Kier alpha value is -0.0800. The van der Waals surface area contributed by atoms with Crippen LogP contribution in [0, 0.1) is 6.42 Å². The standard InChI is InChI=1S/C20H43N2/c1-4-7-8-9-10-11-12-13-14-15-16-17-18-19-20(21)22(5-2)6-3/h19-20H,4-18,21H2,1-3H3. The largest absolute Gasteiger partial charge is 0.315 e. The predicted octanol–water partition coefficient (Wildman–Crippen LogP) is 5.91. The molecule has 2 heteroatoms. The van der Waals surface area contributed by atoms with Gasteiger partial charge in [-0.15, -0.1) is 0 Å². The van der Waals surface area contributed by atoms with E-state index in [1.807, 2.05) is 0 Å². The monoisotopic (exact) mass is 311 g/mol. The minimum Gasteiger partial charge on any atom is -0.315 e. The Labute approximate surface area is 141 Å². The molecule has 1 atom stereocenters. The molecule has 0 aliphatic heterocycles. The highest BCUT2D eigenvalue weighted by atomic mass is 15.2. The van der Waals surface area contributed by atoms with Crippen LogP contribution < -0.4 is 5.73 Å². The molecule has 0 aliphatic rings. The van der Waals surface area contributed by atoms with E-state index in [9.17, 15) is 0 Å². The van der Waals surface area contributed by atoms with E-state index in [4.69, 9.17) is 5.73 Å². The number of hydrogen-bond donors (Lipinski definition) is 1. The second-order valence-corrected chi connectivity index (χ2v) is 6.63. The van der Waals surface area contributed by atoms with Gasteiger partial charge in [0.1, 0.15) is 0 Å². The zero-order valence-electron chi connectivity index (χ0n) is 15.8. The van der Waals surface area contributed by atoms with E-state index >= 15 is 0 Å². The van der Waals surface area contributed by atoms with Crippen LogP contribution in [-0.4, -0.2) is 24.2 Å². The highest BCUT2D eigenvalue weighted by Gasteiger charge is 2.09. The Balaban J connectivity index is 3.17. The SMILES string of the molecule is CCCCCCCCCCCCCC[CH]C(N)N(CC)CC. The summed E-state index contributed by atoms with van der Waals surface area (Å²) in [6.45, 7) is 8.75. The molecule has 0 spiro atoms. The van der Waals surface area contributed by atoms with Gasteiger partial charge < -0.3 is 5.73 Å². The van der Waals surface area contributed by atoms with Gasteiger partial charge in [-0.2, -0.15) is 0 Å². The zero-order valence-corrected chi connectivity index (χ0v) is 15.8. The lowest BCUT2D eigenvalue weighted by Crippen LogP contribution is -2.42. The zero-order chi connectivity index (χ0) is 16.5. The average Bonchev–Trinajstić information content (AvgIpc) is 2.53. The van der Waals surface area contributed by atoms with Crippen LogP contribution in [-0.2, 0) is 0 Å². The molecule has 0 aromatic carbocycles. The number of rotatable bonds is 17. The van der Waals surface area contributed by atoms with Gasteiger partial charge in [-0.1, -0.05) is 97.8 Å². The minimum atomic E-state index is 0.155. The molecule has 2 N–H and O–H groups in total. The van der Waals surface area contributed by atoms with Gasteiger partial charge in [0.15, 0.2) is 0 Å². The number of nitrogens with two attached hydrogens (primary N) is 1. The Kier molecular flexibility index (Phi) is 17.2. The van der Waals surface area contributed by atoms with Crippen LogP contribution in [0.1, 0.15) is 104 Å². The van der Waals surface area contributed by atoms with Crippen LogP contribution in [0.2, 0.25) is 0 Å². The molecule has 2 nitrogen and oxygen atoms in total. The third-order valence-corrected chi connectivity index (χ3v) is 4.70. The number of unbranched alkanes of at least 4 members (excludes halogenated alkanes) is 12. The predicted molar refractivity (Wildman–Crippen MR) is 101 cm³/mol. The summed E-state index contributed by atoms with van der Waals surface area (Å²) < 4.78 is 0. The molecule has 0 amide bonds. The van der Waals surface area contributed by atoms with Crippen LogP contribution in [0.5, 0.6) is 0 Å². The Morgan fingerprint density at radius 3 is 1.50 bits per heavy atom. The summed E-state index contributed by atoms with van der Waals surface area (Å²) in [5.74, 6) is 0. The lowest BCUT2D eigenvalue weighted by molar-refractivity contribution is 0.241. The molecular weight excluding hydrogens is 268 g/mol. The molecule has 0 heterocycles. The van der Waals surface area contributed by atoms with E-state index < -0.39 is 0 Å². The summed E-state index contributed by atoms with van der Waals surface area (Å²) in [4.78, 5) is 2.31. The highest BCUT2D eigenvalue weighted by Crippen LogP contribution is 2.13. The van der Waals surface area contributed by atoms with Gasteiger partial charge in [-0.25, -0.2) is 0 Å². The first-order valence-electron chi connectivity index (χ1n) is 10.1. The molecule has 0 rings (SSSR count). The molecule has 22 heavy (non-hydrogen) atoms. The van der Waals surface area contributed by atoms with Gasteiger partial charge in [0, 0.05) is 0 Å². The number of hydrogen-bond acceptors (Lipinski definition) is 2. The maximum absolute atomic E-state index is 6.15. The number of nitrogens with zero attached hydrogens (tertiary/aromatic N) is 1. The molecule has 0 aliphatic carbocycles. The van der Waals surface area contributed by atoms with Crippen molar-refractivity contribution in [3.05, 3.63) is 6.42 Å². The molecule has 0 fully saturated rings. The summed E-state index contributed by atoms with van der Waals surface area (Å²) in [5, 5.41) is 0. The third-order valence-electron chi connectivity index (χ3n) is 4.70. The smallest absolute Gasteiger partial charge is 0.0604 e. The van der Waals surface area contributed by atoms with E-state index in [2.05, 4.69) is 32.1 Å². The molecule has 0 saturated heterocycles. The van der Waals surface area contributed by atoms with E-state index in [1.165, 1.54) is 83.5 Å². The van der Waals surface area contributed by atoms with Crippen molar-refractivity contribution < 1.29 is 0 Å². The van der Waals surface area contributed by atoms with Crippen molar-refractivity contribution in [3.63, 3.8) is 0 Å². The Morgan fingerprint density at radius 2 is 1.09 bits per heavy atom. The third kappa shape index (κ3) is 13.6. The summed E-state index contributed by atoms with van der Waals surface area (Å²) in [6, 6.07) is 0. The van der Waals surface area contributed by atoms with Crippen molar-refractivity contribution in [1.29, 1.82) is 0 Å². The Bertz CT molecular complexity index is 202. The van der Waals surface area contributed by atoms with Crippen LogP contribution in [0.15, 0.2) is 0 Å². The molecule has 0 saturated carbocycles. The van der Waals surface area contributed by atoms with Crippen molar-refractivity contribution in [1.82, 2.24) is 4.90 Å². The van der Waals surface area contributed by atoms with Crippen molar-refractivity contribution in [2.24, 2.45) is 5.73 Å². The van der Waals surface area contributed by atoms with Crippen LogP contribution in [0.25, 0.3) is 0 Å². The van der Waals surface area contributed by atoms with Crippen LogP contribution in [0.4, 0.5) is 0 Å². The van der Waals surface area contributed by atoms with Crippen molar-refractivity contribution in [2.75, 3.05) is 13.1 Å². The van der Waals surface area contributed by atoms with Gasteiger partial charge in [-0.3, -0.25) is 4.90 Å². The van der Waals surface area contributed by atoms with Gasteiger partial charge in [0.25, 0.3) is 0 Å². The fourth-order valence-electron chi connectivity index (χ4n) is 3.07. The van der Waals surface area contributed by atoms with E-state index in [1.54, 1.807) is 0 Å². The lowest BCUT2D eigenvalue weighted by atomic mass is 10.0. The molecule has 0 aromatic rings. The average molecular weight is 312 g/mol. The van der Waals surface area contributed by atoms with Crippen LogP contribution in [0.3, 0.4) is 0 Å². The van der Waals surface area contributed by atoms with Gasteiger partial charge in [0.2, 0.25) is 0 Å². The van der Waals surface area contributed by atoms with Gasteiger partial charge in [0.05, 0.1) is 6.17 Å². The summed E-state index contributed by atoms with van der Waals surface area (Å²) in [5.41, 5.74) is 6.15. The lowest BCUT2D eigenvalue weighted by Gasteiger charge is -2.25. The quantitative estimate of drug-likeness (QED) is 0.267. The molecule has 0 bridgehead atoms. The maximum Gasteiger partial charge on any atom is 0.0604 e. The molecule has 1 radical (unpaired) electrons. The first-order valence-corrected chi connectivity index (χ1v) is 10.1. The fourth-order valence-corrected chi connectivity index (χ4v) is 3.07. The second-order valence-electron chi connectivity index (χ2n) is 6.63. The Morgan fingerprint density at radius 1 is 0.682 bits per heavy atom. The van der Waals surface area contributed by atoms with Crippen molar-refractivity contribution in [2.45, 2.75) is 110 Å². The van der Waals surface area contributed by atoms with Crippen LogP contribution >= 0.6 is 0 Å². The molecule has 1 unspecified atom stereocenters. The second kappa shape index (κ2) is 17.3. The van der Waals surface area contributed by atoms with Crippen molar-refractivity contribution in [3.8, 4) is 0 Å². The summed E-state index contributed by atoms with van der Waals surface area (Å²) >= 11 is 0. The van der Waals surface area contributed by atoms with E-state index in [-0.39, 0.29) is 6.17 Å². The van der Waals surface area contributed by atoms with Crippen molar-refractivity contribution >= 4 is 0 Å². The van der Waals surface area contributed by atoms with Gasteiger partial charge >= 0.3 is 0 Å². The summed E-state index contributed by atoms with van der Waals surface area (Å²) in [6.07, 6.45) is 20.6. The fraction of sp³-hybridized carbons (Fsp3) is 0.950. The first-order chi connectivity index (χ1) is 10.8. The minimum absolute atomic E-state index is 0.155. The van der Waals surface area contributed by atoms with Gasteiger partial charge in [-0.05, 0) is 25.9 Å². The molecule has 133 valence electrons. The molecule has 0 aromatic heterocycles. The van der Waals surface area contributed by atoms with E-state index in [0.717, 1.165) is 13.1 Å². The normalized spacial score (nSPS) is 13.0. The first kappa shape index (κ1) is 21.9.